The van der Waals surface area contributed by atoms with Crippen LogP contribution < -0.4 is 0 Å². The molecular weight excluding hydrogens is 288 g/mol. The number of benzene rings is 1. The maximum Gasteiger partial charge on any atom is 0.306 e. The zero-order valence-corrected chi connectivity index (χ0v) is 12.5. The van der Waals surface area contributed by atoms with Crippen LogP contribution in [0, 0.1) is 0 Å². The maximum atomic E-state index is 11.8. The largest absolute Gasteiger partial charge is 0.461 e. The first-order valence-corrected chi connectivity index (χ1v) is 8.22. The summed E-state index contributed by atoms with van der Waals surface area (Å²) in [6, 6.07) is 12.2. The number of thiophene rings is 2. The Morgan fingerprint density at radius 1 is 1.10 bits per heavy atom. The minimum absolute atomic E-state index is 0.131. The van der Waals surface area contributed by atoms with Gasteiger partial charge in [-0.05, 0) is 34.7 Å². The van der Waals surface area contributed by atoms with Gasteiger partial charge in [-0.2, -0.15) is 0 Å². The van der Waals surface area contributed by atoms with Crippen LogP contribution in [0.3, 0.4) is 0 Å². The molecule has 20 heavy (non-hydrogen) atoms. The van der Waals surface area contributed by atoms with E-state index in [0.29, 0.717) is 13.0 Å². The first-order chi connectivity index (χ1) is 9.83. The number of aryl methyl sites for hydroxylation is 1. The molecule has 0 saturated heterocycles. The van der Waals surface area contributed by atoms with E-state index in [9.17, 15) is 4.79 Å². The van der Waals surface area contributed by atoms with Gasteiger partial charge in [0.25, 0.3) is 0 Å². The van der Waals surface area contributed by atoms with E-state index in [-0.39, 0.29) is 5.97 Å². The van der Waals surface area contributed by atoms with Gasteiger partial charge in [0.05, 0.1) is 6.42 Å². The predicted octanol–water partition coefficient (Wildman–Crippen LogP) is 4.64. The van der Waals surface area contributed by atoms with E-state index < -0.39 is 0 Å². The second-order valence-corrected chi connectivity index (χ2v) is 6.44. The van der Waals surface area contributed by atoms with Gasteiger partial charge < -0.3 is 4.74 Å². The Kier molecular flexibility index (Phi) is 4.14. The molecular formula is C16H14O2S2. The van der Waals surface area contributed by atoms with E-state index in [4.69, 9.17) is 4.74 Å². The van der Waals surface area contributed by atoms with Gasteiger partial charge in [-0.3, -0.25) is 4.79 Å². The van der Waals surface area contributed by atoms with Gasteiger partial charge in [-0.1, -0.05) is 24.3 Å². The van der Waals surface area contributed by atoms with E-state index >= 15 is 0 Å². The van der Waals surface area contributed by atoms with Crippen molar-refractivity contribution in [3.63, 3.8) is 0 Å². The molecule has 0 amide bonds. The molecule has 0 aliphatic rings. The van der Waals surface area contributed by atoms with Crippen molar-refractivity contribution in [1.82, 2.24) is 0 Å². The average Bonchev–Trinajstić information content (AvgIpc) is 3.12. The quantitative estimate of drug-likeness (QED) is 0.642. The Morgan fingerprint density at radius 2 is 2.00 bits per heavy atom. The smallest absolute Gasteiger partial charge is 0.306 e. The number of rotatable bonds is 5. The fourth-order valence-corrected chi connectivity index (χ4v) is 3.71. The predicted molar refractivity (Wildman–Crippen MR) is 84.3 cm³/mol. The van der Waals surface area contributed by atoms with E-state index in [1.165, 1.54) is 15.0 Å². The second kappa shape index (κ2) is 6.20. The van der Waals surface area contributed by atoms with Crippen molar-refractivity contribution < 1.29 is 9.53 Å². The zero-order valence-electron chi connectivity index (χ0n) is 10.9. The van der Waals surface area contributed by atoms with Gasteiger partial charge in [0.1, 0.15) is 6.61 Å². The summed E-state index contributed by atoms with van der Waals surface area (Å²) >= 11 is 3.36. The lowest BCUT2D eigenvalue weighted by atomic mass is 10.2. The highest BCUT2D eigenvalue weighted by Crippen LogP contribution is 2.26. The van der Waals surface area contributed by atoms with Crippen molar-refractivity contribution >= 4 is 38.7 Å². The van der Waals surface area contributed by atoms with Crippen molar-refractivity contribution in [1.29, 1.82) is 0 Å². The molecule has 2 heterocycles. The monoisotopic (exact) mass is 302 g/mol. The van der Waals surface area contributed by atoms with Crippen molar-refractivity contribution in [3.05, 3.63) is 57.6 Å². The molecule has 0 fully saturated rings. The SMILES string of the molecule is O=C(CCc1cccs1)OCc1csc2ccccc12. The summed E-state index contributed by atoms with van der Waals surface area (Å²) in [4.78, 5) is 13.0. The average molecular weight is 302 g/mol. The Hall–Kier alpha value is -1.65. The highest BCUT2D eigenvalue weighted by Gasteiger charge is 2.08. The highest BCUT2D eigenvalue weighted by atomic mass is 32.1. The maximum absolute atomic E-state index is 11.8. The summed E-state index contributed by atoms with van der Waals surface area (Å²) < 4.78 is 6.60. The Morgan fingerprint density at radius 3 is 2.85 bits per heavy atom. The summed E-state index contributed by atoms with van der Waals surface area (Å²) in [5.74, 6) is -0.131. The number of carbonyl (C=O) groups excluding carboxylic acids is 1. The minimum Gasteiger partial charge on any atom is -0.461 e. The normalized spacial score (nSPS) is 10.8. The lowest BCUT2D eigenvalue weighted by Gasteiger charge is -2.03. The van der Waals surface area contributed by atoms with Crippen molar-refractivity contribution in [2.75, 3.05) is 0 Å². The first kappa shape index (κ1) is 13.3. The molecule has 0 saturated carbocycles. The molecule has 0 radical (unpaired) electrons. The molecule has 0 aliphatic heterocycles. The molecule has 1 aromatic carbocycles. The van der Waals surface area contributed by atoms with Crippen LogP contribution in [0.1, 0.15) is 16.9 Å². The van der Waals surface area contributed by atoms with Crippen LogP contribution in [-0.4, -0.2) is 5.97 Å². The van der Waals surface area contributed by atoms with Crippen LogP contribution in [-0.2, 0) is 22.6 Å². The van der Waals surface area contributed by atoms with Gasteiger partial charge in [-0.25, -0.2) is 0 Å². The summed E-state index contributed by atoms with van der Waals surface area (Å²) in [6.45, 7) is 0.368. The number of fused-ring (bicyclic) bond motifs is 1. The lowest BCUT2D eigenvalue weighted by Crippen LogP contribution is -2.05. The van der Waals surface area contributed by atoms with Gasteiger partial charge in [0.2, 0.25) is 0 Å². The van der Waals surface area contributed by atoms with Gasteiger partial charge >= 0.3 is 5.97 Å². The zero-order chi connectivity index (χ0) is 13.8. The van der Waals surface area contributed by atoms with Crippen LogP contribution in [0.15, 0.2) is 47.2 Å². The number of ether oxygens (including phenoxy) is 1. The number of hydrogen-bond donors (Lipinski definition) is 0. The lowest BCUT2D eigenvalue weighted by molar-refractivity contribution is -0.144. The Balaban J connectivity index is 1.55. The van der Waals surface area contributed by atoms with E-state index in [1.54, 1.807) is 22.7 Å². The van der Waals surface area contributed by atoms with Crippen LogP contribution in [0.4, 0.5) is 0 Å². The molecule has 0 aliphatic carbocycles. The fourth-order valence-electron chi connectivity index (χ4n) is 2.06. The van der Waals surface area contributed by atoms with Crippen LogP contribution in [0.5, 0.6) is 0 Å². The summed E-state index contributed by atoms with van der Waals surface area (Å²) in [5, 5.41) is 5.28. The Bertz CT molecular complexity index is 698. The molecule has 0 spiro atoms. The van der Waals surface area contributed by atoms with Gasteiger partial charge in [0, 0.05) is 15.1 Å². The number of carbonyl (C=O) groups is 1. The molecule has 3 rings (SSSR count). The Labute approximate surface area is 125 Å². The molecule has 4 heteroatoms. The van der Waals surface area contributed by atoms with Crippen molar-refractivity contribution in [3.8, 4) is 0 Å². The van der Waals surface area contributed by atoms with Crippen LogP contribution >= 0.6 is 22.7 Å². The molecule has 102 valence electrons. The second-order valence-electron chi connectivity index (χ2n) is 4.50. The third-order valence-corrected chi connectivity index (χ3v) is 5.05. The molecule has 3 aromatic rings. The molecule has 2 aromatic heterocycles. The van der Waals surface area contributed by atoms with Crippen LogP contribution in [0.25, 0.3) is 10.1 Å². The molecule has 0 N–H and O–H groups in total. The number of hydrogen-bond acceptors (Lipinski definition) is 4. The third-order valence-electron chi connectivity index (χ3n) is 3.11. The summed E-state index contributed by atoms with van der Waals surface area (Å²) in [5.41, 5.74) is 1.09. The highest BCUT2D eigenvalue weighted by molar-refractivity contribution is 7.17. The minimum atomic E-state index is -0.131. The first-order valence-electron chi connectivity index (χ1n) is 6.46. The topological polar surface area (TPSA) is 26.3 Å². The molecule has 0 atom stereocenters. The molecule has 2 nitrogen and oxygen atoms in total. The van der Waals surface area contributed by atoms with Crippen molar-refractivity contribution in [2.24, 2.45) is 0 Å². The molecule has 0 unspecified atom stereocenters. The van der Waals surface area contributed by atoms with Gasteiger partial charge in [0.15, 0.2) is 0 Å². The van der Waals surface area contributed by atoms with Gasteiger partial charge in [-0.15, -0.1) is 22.7 Å². The van der Waals surface area contributed by atoms with E-state index in [0.717, 1.165) is 12.0 Å². The summed E-state index contributed by atoms with van der Waals surface area (Å²) in [7, 11) is 0. The van der Waals surface area contributed by atoms with Crippen molar-refractivity contribution in [2.45, 2.75) is 19.4 Å². The number of esters is 1. The third kappa shape index (κ3) is 3.08. The van der Waals surface area contributed by atoms with E-state index in [1.807, 2.05) is 29.6 Å². The van der Waals surface area contributed by atoms with Crippen LogP contribution in [0.2, 0.25) is 0 Å². The summed E-state index contributed by atoms with van der Waals surface area (Å²) in [6.07, 6.45) is 1.21. The fraction of sp³-hybridized carbons (Fsp3) is 0.188. The molecule has 0 bridgehead atoms. The standard InChI is InChI=1S/C16H14O2S2/c17-16(8-7-13-4-3-9-19-13)18-10-12-11-20-15-6-2-1-5-14(12)15/h1-6,9,11H,7-8,10H2. The van der Waals surface area contributed by atoms with E-state index in [2.05, 4.69) is 17.5 Å².